The second-order valence-electron chi connectivity index (χ2n) is 7.94. The number of benzene rings is 1. The maximum atomic E-state index is 13.4. The molecule has 1 heterocycles. The molecule has 0 spiro atoms. The van der Waals surface area contributed by atoms with Gasteiger partial charge in [0.15, 0.2) is 0 Å². The molecule has 2 atom stereocenters. The molecule has 0 saturated heterocycles. The summed E-state index contributed by atoms with van der Waals surface area (Å²) < 4.78 is 19.1. The first-order chi connectivity index (χ1) is 13.6. The first kappa shape index (κ1) is 18.9. The average molecular weight is 383 g/mol. The third-order valence-electron chi connectivity index (χ3n) is 6.10. The van der Waals surface area contributed by atoms with Crippen molar-refractivity contribution >= 4 is 5.91 Å². The molecule has 148 valence electrons. The number of nitrogens with two attached hydrogens (primary N) is 1. The number of amides is 1. The number of ether oxygens (including phenoxy) is 1. The van der Waals surface area contributed by atoms with Crippen LogP contribution in [0.5, 0.6) is 11.6 Å². The molecule has 2 fully saturated rings. The Morgan fingerprint density at radius 1 is 1.21 bits per heavy atom. The largest absolute Gasteiger partial charge is 0.439 e. The molecule has 6 heteroatoms. The topological polar surface area (TPSA) is 77.2 Å². The normalized spacial score (nSPS) is 26.5. The van der Waals surface area contributed by atoms with Gasteiger partial charge in [0.1, 0.15) is 11.6 Å². The summed E-state index contributed by atoms with van der Waals surface area (Å²) in [6, 6.07) is 9.82. The lowest BCUT2D eigenvalue weighted by Gasteiger charge is -2.43. The summed E-state index contributed by atoms with van der Waals surface area (Å²) in [6.45, 7) is 0.329. The summed E-state index contributed by atoms with van der Waals surface area (Å²) in [5.41, 5.74) is 7.09. The van der Waals surface area contributed by atoms with Gasteiger partial charge in [-0.15, -0.1) is 0 Å². The Morgan fingerprint density at radius 3 is 2.75 bits per heavy atom. The average Bonchev–Trinajstić information content (AvgIpc) is 2.67. The first-order valence-corrected chi connectivity index (χ1v) is 10.0. The quantitative estimate of drug-likeness (QED) is 0.824. The van der Waals surface area contributed by atoms with E-state index in [1.165, 1.54) is 18.6 Å². The molecule has 3 N–H and O–H groups in total. The second-order valence-corrected chi connectivity index (χ2v) is 7.94. The summed E-state index contributed by atoms with van der Waals surface area (Å²) in [5, 5.41) is 3.04. The van der Waals surface area contributed by atoms with Crippen molar-refractivity contribution < 1.29 is 13.9 Å². The Labute approximate surface area is 164 Å². The van der Waals surface area contributed by atoms with Crippen LogP contribution < -0.4 is 15.8 Å². The van der Waals surface area contributed by atoms with Crippen molar-refractivity contribution in [1.82, 2.24) is 10.3 Å². The highest BCUT2D eigenvalue weighted by atomic mass is 19.1. The fraction of sp³-hybridized carbons (Fsp3) is 0.455. The highest BCUT2D eigenvalue weighted by Crippen LogP contribution is 2.41. The molecule has 0 radical (unpaired) electrons. The molecular formula is C22H26FN3O2. The number of hydrogen-bond acceptors (Lipinski definition) is 4. The molecule has 1 aromatic carbocycles. The highest BCUT2D eigenvalue weighted by molar-refractivity contribution is 5.78. The van der Waals surface area contributed by atoms with Gasteiger partial charge < -0.3 is 15.8 Å². The third-order valence-corrected chi connectivity index (χ3v) is 6.10. The van der Waals surface area contributed by atoms with E-state index in [0.29, 0.717) is 30.0 Å². The zero-order valence-corrected chi connectivity index (χ0v) is 15.8. The van der Waals surface area contributed by atoms with Crippen molar-refractivity contribution in [2.45, 2.75) is 44.7 Å². The summed E-state index contributed by atoms with van der Waals surface area (Å²) in [4.78, 5) is 17.0. The van der Waals surface area contributed by atoms with E-state index in [9.17, 15) is 9.18 Å². The van der Waals surface area contributed by atoms with Gasteiger partial charge in [0.25, 0.3) is 0 Å². The predicted molar refractivity (Wildman–Crippen MR) is 104 cm³/mol. The van der Waals surface area contributed by atoms with Gasteiger partial charge in [-0.25, -0.2) is 9.37 Å². The number of carbonyl (C=O) groups excluding carboxylic acids is 1. The molecule has 1 amide bonds. The molecule has 2 unspecified atom stereocenters. The van der Waals surface area contributed by atoms with Gasteiger partial charge >= 0.3 is 0 Å². The number of pyridine rings is 1. The predicted octanol–water partition coefficient (Wildman–Crippen LogP) is 3.78. The van der Waals surface area contributed by atoms with Crippen LogP contribution >= 0.6 is 0 Å². The lowest BCUT2D eigenvalue weighted by molar-refractivity contribution is -0.128. The zero-order chi connectivity index (χ0) is 19.5. The highest BCUT2D eigenvalue weighted by Gasteiger charge is 2.40. The summed E-state index contributed by atoms with van der Waals surface area (Å²) in [5.74, 6) is 1.41. The van der Waals surface area contributed by atoms with Crippen molar-refractivity contribution in [2.75, 3.05) is 0 Å². The second kappa shape index (κ2) is 8.27. The van der Waals surface area contributed by atoms with Crippen LogP contribution in [0.4, 0.5) is 4.39 Å². The molecule has 5 nitrogen and oxygen atoms in total. The maximum absolute atomic E-state index is 13.4. The number of halogens is 1. The van der Waals surface area contributed by atoms with Gasteiger partial charge in [-0.3, -0.25) is 4.79 Å². The molecule has 2 aliphatic rings. The maximum Gasteiger partial charge on any atom is 0.224 e. The minimum atomic E-state index is -0.371. The van der Waals surface area contributed by atoms with E-state index in [2.05, 4.69) is 10.3 Å². The minimum absolute atomic E-state index is 0.0272. The van der Waals surface area contributed by atoms with Crippen LogP contribution in [0.3, 0.4) is 0 Å². The fourth-order valence-corrected chi connectivity index (χ4v) is 4.62. The van der Waals surface area contributed by atoms with Crippen molar-refractivity contribution in [3.63, 3.8) is 0 Å². The Balaban J connectivity index is 1.39. The number of hydrogen-bond donors (Lipinski definition) is 2. The van der Waals surface area contributed by atoms with Gasteiger partial charge in [-0.1, -0.05) is 18.6 Å². The number of carbonyl (C=O) groups is 1. The number of nitrogens with zero attached hydrogens (tertiary/aromatic N) is 1. The minimum Gasteiger partial charge on any atom is -0.439 e. The van der Waals surface area contributed by atoms with E-state index in [1.54, 1.807) is 24.4 Å². The van der Waals surface area contributed by atoms with Gasteiger partial charge in [-0.05, 0) is 55.7 Å². The van der Waals surface area contributed by atoms with Crippen molar-refractivity contribution in [2.24, 2.45) is 23.5 Å². The Hall–Kier alpha value is -2.47. The Morgan fingerprint density at radius 2 is 2.00 bits per heavy atom. The van der Waals surface area contributed by atoms with Gasteiger partial charge in [0.05, 0.1) is 0 Å². The van der Waals surface area contributed by atoms with Crippen LogP contribution in [0.25, 0.3) is 0 Å². The van der Waals surface area contributed by atoms with Crippen LogP contribution in [-0.4, -0.2) is 16.9 Å². The lowest BCUT2D eigenvalue weighted by Crippen LogP contribution is -2.49. The summed E-state index contributed by atoms with van der Waals surface area (Å²) >= 11 is 0. The molecule has 28 heavy (non-hydrogen) atoms. The van der Waals surface area contributed by atoms with E-state index in [1.807, 2.05) is 6.07 Å². The SMILES string of the molecule is NC1C2CCCC1CC(C(=O)NCc1cccnc1Oc1cccc(F)c1)C2. The van der Waals surface area contributed by atoms with Gasteiger partial charge in [-0.2, -0.15) is 0 Å². The van der Waals surface area contributed by atoms with Crippen molar-refractivity contribution in [3.8, 4) is 11.6 Å². The Kier molecular flexibility index (Phi) is 5.57. The van der Waals surface area contributed by atoms with Crippen LogP contribution in [-0.2, 0) is 11.3 Å². The van der Waals surface area contributed by atoms with E-state index < -0.39 is 0 Å². The van der Waals surface area contributed by atoms with Crippen LogP contribution in [0.1, 0.15) is 37.7 Å². The molecule has 2 saturated carbocycles. The van der Waals surface area contributed by atoms with Crippen molar-refractivity contribution in [3.05, 3.63) is 54.0 Å². The van der Waals surface area contributed by atoms with Crippen LogP contribution in [0.15, 0.2) is 42.6 Å². The number of rotatable bonds is 5. The molecule has 1 aromatic heterocycles. The molecular weight excluding hydrogens is 357 g/mol. The number of fused-ring (bicyclic) bond motifs is 2. The summed E-state index contributed by atoms with van der Waals surface area (Å²) in [7, 11) is 0. The molecule has 4 rings (SSSR count). The molecule has 2 bridgehead atoms. The molecule has 0 aliphatic heterocycles. The molecule has 2 aliphatic carbocycles. The Bertz CT molecular complexity index is 830. The number of nitrogens with one attached hydrogen (secondary N) is 1. The van der Waals surface area contributed by atoms with E-state index >= 15 is 0 Å². The van der Waals surface area contributed by atoms with E-state index in [0.717, 1.165) is 31.2 Å². The summed E-state index contributed by atoms with van der Waals surface area (Å²) in [6.07, 6.45) is 6.87. The van der Waals surface area contributed by atoms with Crippen LogP contribution in [0, 0.1) is 23.6 Å². The van der Waals surface area contributed by atoms with Gasteiger partial charge in [0, 0.05) is 36.3 Å². The monoisotopic (exact) mass is 383 g/mol. The fourth-order valence-electron chi connectivity index (χ4n) is 4.62. The van der Waals surface area contributed by atoms with Gasteiger partial charge in [0.2, 0.25) is 11.8 Å². The zero-order valence-electron chi connectivity index (χ0n) is 15.8. The lowest BCUT2D eigenvalue weighted by atomic mass is 9.65. The number of aromatic nitrogens is 1. The third kappa shape index (κ3) is 4.17. The van der Waals surface area contributed by atoms with E-state index in [4.69, 9.17) is 10.5 Å². The smallest absolute Gasteiger partial charge is 0.224 e. The van der Waals surface area contributed by atoms with Crippen molar-refractivity contribution in [1.29, 1.82) is 0 Å². The molecule has 2 aromatic rings. The van der Waals surface area contributed by atoms with E-state index in [-0.39, 0.29) is 23.7 Å². The van der Waals surface area contributed by atoms with Crippen LogP contribution in [0.2, 0.25) is 0 Å². The standard InChI is InChI=1S/C22H26FN3O2/c23-18-7-2-8-19(12-18)28-22-16(6-3-9-25-22)13-26-21(27)17-10-14-4-1-5-15(11-17)20(14)24/h2-3,6-9,12,14-15,17,20H,1,4-5,10-11,13,24H2,(H,26,27). The first-order valence-electron chi connectivity index (χ1n) is 10.0.